The van der Waals surface area contributed by atoms with Crippen LogP contribution in [-0.4, -0.2) is 15.0 Å². The Morgan fingerprint density at radius 2 is 1.09 bits per heavy atom. The first-order chi connectivity index (χ1) is 27.2. The van der Waals surface area contributed by atoms with Gasteiger partial charge in [-0.25, -0.2) is 15.0 Å². The van der Waals surface area contributed by atoms with Crippen LogP contribution in [0.1, 0.15) is 0 Å². The monoisotopic (exact) mass is 719 g/mol. The highest BCUT2D eigenvalue weighted by Gasteiger charge is 2.20. The lowest BCUT2D eigenvalue weighted by Gasteiger charge is -2.10. The lowest BCUT2D eigenvalue weighted by atomic mass is 9.97. The van der Waals surface area contributed by atoms with E-state index in [-0.39, 0.29) is 0 Å². The van der Waals surface area contributed by atoms with Gasteiger partial charge in [-0.3, -0.25) is 0 Å². The number of thiophene rings is 1. The molecule has 0 aliphatic heterocycles. The lowest BCUT2D eigenvalue weighted by molar-refractivity contribution is 0.669. The highest BCUT2D eigenvalue weighted by Crippen LogP contribution is 2.42. The third-order valence-electron chi connectivity index (χ3n) is 10.6. The highest BCUT2D eigenvalue weighted by atomic mass is 32.1. The van der Waals surface area contributed by atoms with Crippen molar-refractivity contribution in [2.45, 2.75) is 0 Å². The highest BCUT2D eigenvalue weighted by molar-refractivity contribution is 7.25. The normalized spacial score (nSPS) is 11.9. The van der Waals surface area contributed by atoms with Crippen molar-refractivity contribution in [3.8, 4) is 45.3 Å². The number of aromatic nitrogens is 3. The average molecular weight is 720 g/mol. The minimum atomic E-state index is 0.575. The van der Waals surface area contributed by atoms with Crippen molar-refractivity contribution in [1.82, 2.24) is 15.0 Å². The van der Waals surface area contributed by atoms with Gasteiger partial charge in [-0.15, -0.1) is 11.3 Å². The molecule has 0 amide bonds. The number of nitrogens with zero attached hydrogens (tertiary/aromatic N) is 3. The average Bonchev–Trinajstić information content (AvgIpc) is 3.94. The zero-order chi connectivity index (χ0) is 36.0. The molecule has 0 atom stereocenters. The van der Waals surface area contributed by atoms with Crippen LogP contribution in [0.4, 0.5) is 0 Å². The Bertz CT molecular complexity index is 3520. The van der Waals surface area contributed by atoms with Crippen molar-refractivity contribution < 1.29 is 8.83 Å². The van der Waals surface area contributed by atoms with Crippen LogP contribution in [-0.2, 0) is 0 Å². The summed E-state index contributed by atoms with van der Waals surface area (Å²) in [6, 6.07) is 58.4. The van der Waals surface area contributed by atoms with Crippen LogP contribution in [0.15, 0.2) is 160 Å². The van der Waals surface area contributed by atoms with Crippen LogP contribution in [0.3, 0.4) is 0 Å². The van der Waals surface area contributed by atoms with E-state index in [1.165, 1.54) is 20.2 Å². The number of benzene rings is 7. The van der Waals surface area contributed by atoms with E-state index in [0.29, 0.717) is 17.5 Å². The number of para-hydroxylation sites is 1. The summed E-state index contributed by atoms with van der Waals surface area (Å²) in [6.07, 6.45) is 0. The summed E-state index contributed by atoms with van der Waals surface area (Å²) >= 11 is 1.78. The second-order valence-electron chi connectivity index (χ2n) is 13.8. The summed E-state index contributed by atoms with van der Waals surface area (Å²) in [4.78, 5) is 15.6. The second-order valence-corrected chi connectivity index (χ2v) is 14.9. The molecule has 0 aliphatic carbocycles. The van der Waals surface area contributed by atoms with Crippen LogP contribution >= 0.6 is 11.3 Å². The molecule has 0 unspecified atom stereocenters. The molecule has 0 N–H and O–H groups in total. The predicted molar refractivity (Wildman–Crippen MR) is 224 cm³/mol. The maximum atomic E-state index is 6.51. The molecule has 0 fully saturated rings. The first kappa shape index (κ1) is 30.2. The zero-order valence-corrected chi connectivity index (χ0v) is 29.8. The third kappa shape index (κ3) is 4.71. The molecule has 55 heavy (non-hydrogen) atoms. The van der Waals surface area contributed by atoms with Crippen molar-refractivity contribution in [3.05, 3.63) is 164 Å². The van der Waals surface area contributed by atoms with Gasteiger partial charge in [-0.05, 0) is 89.3 Å². The summed E-state index contributed by atoms with van der Waals surface area (Å²) in [7, 11) is 0. The van der Waals surface area contributed by atoms with Crippen molar-refractivity contribution in [2.75, 3.05) is 0 Å². The molecule has 0 saturated carbocycles. The predicted octanol–water partition coefficient (Wildman–Crippen LogP) is 13.5. The van der Waals surface area contributed by atoms with Gasteiger partial charge in [-0.2, -0.15) is 0 Å². The number of rotatable bonds is 4. The SMILES string of the molecule is c1ccc2cc(-c3nc(-c4ccc5c(c4)sc4ccccc45)nc(-c4cccc5oc6ccc(-c7cccc8oc9ccccc9c78)cc6c45)n3)ccc2c#1. The fourth-order valence-corrected chi connectivity index (χ4v) is 9.17. The molecule has 6 heteroatoms. The number of hydrogen-bond donors (Lipinski definition) is 0. The number of furan rings is 2. The van der Waals surface area contributed by atoms with Crippen LogP contribution in [0.25, 0.3) is 120 Å². The molecule has 12 rings (SSSR count). The van der Waals surface area contributed by atoms with Crippen LogP contribution in [0.2, 0.25) is 0 Å². The third-order valence-corrected chi connectivity index (χ3v) is 11.7. The Morgan fingerprint density at radius 1 is 0.436 bits per heavy atom. The van der Waals surface area contributed by atoms with Crippen LogP contribution < -0.4 is 0 Å². The van der Waals surface area contributed by atoms with Gasteiger partial charge in [0.2, 0.25) is 0 Å². The fourth-order valence-electron chi connectivity index (χ4n) is 8.02. The minimum absolute atomic E-state index is 0.575. The molecule has 5 nitrogen and oxygen atoms in total. The van der Waals surface area contributed by atoms with Gasteiger partial charge in [0.05, 0.1) is 0 Å². The Kier molecular flexibility index (Phi) is 6.35. The van der Waals surface area contributed by atoms with Crippen molar-refractivity contribution in [2.24, 2.45) is 0 Å². The fraction of sp³-hybridized carbons (Fsp3) is 0. The Labute approximate surface area is 317 Å². The van der Waals surface area contributed by atoms with Crippen molar-refractivity contribution in [3.63, 3.8) is 0 Å². The topological polar surface area (TPSA) is 65.0 Å². The number of fused-ring (bicyclic) bond motifs is 10. The first-order valence-electron chi connectivity index (χ1n) is 18.1. The second kappa shape index (κ2) is 11.6. The molecule has 0 bridgehead atoms. The van der Waals surface area contributed by atoms with E-state index in [1.807, 2.05) is 54.6 Å². The van der Waals surface area contributed by atoms with Gasteiger partial charge < -0.3 is 8.83 Å². The molecule has 8 aromatic carbocycles. The van der Waals surface area contributed by atoms with Crippen LogP contribution in [0.5, 0.6) is 0 Å². The molecule has 4 aromatic heterocycles. The Morgan fingerprint density at radius 3 is 1.96 bits per heavy atom. The van der Waals surface area contributed by atoms with E-state index in [2.05, 4.69) is 109 Å². The van der Waals surface area contributed by atoms with Gasteiger partial charge in [0.15, 0.2) is 17.5 Å². The van der Waals surface area contributed by atoms with E-state index in [1.54, 1.807) is 11.3 Å². The molecule has 4 heterocycles. The summed E-state index contributed by atoms with van der Waals surface area (Å²) in [6.45, 7) is 0. The summed E-state index contributed by atoms with van der Waals surface area (Å²) < 4.78 is 15.2. The number of hydrogen-bond acceptors (Lipinski definition) is 6. The van der Waals surface area contributed by atoms with Gasteiger partial charge in [0.1, 0.15) is 22.3 Å². The molecule has 0 saturated heterocycles. The van der Waals surface area contributed by atoms with E-state index in [9.17, 15) is 0 Å². The van der Waals surface area contributed by atoms with Gasteiger partial charge in [-0.1, -0.05) is 91.0 Å². The Hall–Kier alpha value is -7.33. The molecular weight excluding hydrogens is 695 g/mol. The standard InChI is InChI=1S/C49H25N3O2S/c1-2-10-29-25-31(20-19-28(29)9-1)47-50-48(32-21-23-35-34-11-4-6-18-43(34)55-44(35)27-32)52-49(51-47)37-14-8-17-42-46(37)38-26-30(22-24-40(38)54-42)33-13-7-16-41-45(33)36-12-3-5-15-39(36)53-41/h2-8,10-27H. The zero-order valence-electron chi connectivity index (χ0n) is 29.0. The lowest BCUT2D eigenvalue weighted by Crippen LogP contribution is -2.00. The van der Waals surface area contributed by atoms with Gasteiger partial charge in [0, 0.05) is 63.8 Å². The molecule has 0 aliphatic rings. The first-order valence-corrected chi connectivity index (χ1v) is 18.9. The summed E-state index contributed by atoms with van der Waals surface area (Å²) in [5.41, 5.74) is 8.17. The largest absolute Gasteiger partial charge is 0.456 e. The molecule has 12 aromatic rings. The van der Waals surface area contributed by atoms with E-state index in [0.717, 1.165) is 82.5 Å². The van der Waals surface area contributed by atoms with Gasteiger partial charge >= 0.3 is 0 Å². The maximum absolute atomic E-state index is 6.51. The van der Waals surface area contributed by atoms with E-state index >= 15 is 0 Å². The molecule has 0 spiro atoms. The van der Waals surface area contributed by atoms with Crippen molar-refractivity contribution in [1.29, 1.82) is 0 Å². The minimum Gasteiger partial charge on any atom is -0.456 e. The van der Waals surface area contributed by atoms with Gasteiger partial charge in [0.25, 0.3) is 0 Å². The Balaban J connectivity index is 1.09. The smallest absolute Gasteiger partial charge is 0.164 e. The molecular formula is C49H25N3O2S. The quantitative estimate of drug-likeness (QED) is 0.181. The summed E-state index contributed by atoms with van der Waals surface area (Å²) in [5, 5.41) is 8.64. The molecule has 0 radical (unpaired) electrons. The maximum Gasteiger partial charge on any atom is 0.164 e. The molecule has 254 valence electrons. The van der Waals surface area contributed by atoms with E-state index in [4.69, 9.17) is 23.8 Å². The van der Waals surface area contributed by atoms with Crippen molar-refractivity contribution >= 4 is 86.2 Å². The van der Waals surface area contributed by atoms with Crippen LogP contribution in [0, 0.1) is 12.1 Å². The van der Waals surface area contributed by atoms with E-state index < -0.39 is 0 Å². The summed E-state index contributed by atoms with van der Waals surface area (Å²) in [5.74, 6) is 1.78.